The van der Waals surface area contributed by atoms with Crippen LogP contribution >= 0.6 is 0 Å². The van der Waals surface area contributed by atoms with Crippen LogP contribution in [0.15, 0.2) is 12.2 Å². The first-order chi connectivity index (χ1) is 4.13. The SMILES string of the molecule is OB(O)OCC=C(F)F. The number of hydrogen-bond acceptors (Lipinski definition) is 3. The monoisotopic (exact) mass is 138 g/mol. The second kappa shape index (κ2) is 4.43. The van der Waals surface area contributed by atoms with Gasteiger partial charge < -0.3 is 14.7 Å². The molecule has 0 heterocycles. The van der Waals surface area contributed by atoms with Crippen molar-refractivity contribution in [2.75, 3.05) is 6.61 Å². The molecule has 0 aliphatic rings. The lowest BCUT2D eigenvalue weighted by Gasteiger charge is -1.93. The van der Waals surface area contributed by atoms with E-state index in [1.54, 1.807) is 0 Å². The van der Waals surface area contributed by atoms with Crippen LogP contribution in [0, 0.1) is 0 Å². The van der Waals surface area contributed by atoms with Crippen LogP contribution in [0.2, 0.25) is 0 Å². The first-order valence-electron chi connectivity index (χ1n) is 2.12. The Balaban J connectivity index is 3.20. The number of hydrogen-bond donors (Lipinski definition) is 2. The average Bonchev–Trinajstić information content (AvgIpc) is 1.63. The molecule has 0 rings (SSSR count). The summed E-state index contributed by atoms with van der Waals surface area (Å²) in [5.74, 6) is 0. The van der Waals surface area contributed by atoms with E-state index in [0.29, 0.717) is 6.08 Å². The third kappa shape index (κ3) is 7.54. The second-order valence-corrected chi connectivity index (χ2v) is 1.15. The lowest BCUT2D eigenvalue weighted by Crippen LogP contribution is -2.16. The maximum Gasteiger partial charge on any atom is 0.634 e. The maximum absolute atomic E-state index is 11.1. The normalized spacial score (nSPS) is 8.89. The first kappa shape index (κ1) is 8.54. The van der Waals surface area contributed by atoms with Crippen LogP contribution in [0.3, 0.4) is 0 Å². The van der Waals surface area contributed by atoms with Crippen molar-refractivity contribution in [3.63, 3.8) is 0 Å². The average molecular weight is 138 g/mol. The Labute approximate surface area is 50.7 Å². The molecule has 0 saturated heterocycles. The van der Waals surface area contributed by atoms with Gasteiger partial charge in [0.15, 0.2) is 0 Å². The van der Waals surface area contributed by atoms with Crippen molar-refractivity contribution in [1.82, 2.24) is 0 Å². The van der Waals surface area contributed by atoms with Gasteiger partial charge >= 0.3 is 7.32 Å². The highest BCUT2D eigenvalue weighted by molar-refractivity contribution is 6.32. The highest BCUT2D eigenvalue weighted by atomic mass is 19.3. The summed E-state index contributed by atoms with van der Waals surface area (Å²) in [4.78, 5) is 0. The largest absolute Gasteiger partial charge is 0.634 e. The van der Waals surface area contributed by atoms with E-state index in [1.807, 2.05) is 0 Å². The molecule has 0 fully saturated rings. The molecule has 0 aliphatic heterocycles. The van der Waals surface area contributed by atoms with Crippen molar-refractivity contribution in [1.29, 1.82) is 0 Å². The molecule has 0 radical (unpaired) electrons. The lowest BCUT2D eigenvalue weighted by atomic mass is 10.3. The summed E-state index contributed by atoms with van der Waals surface area (Å²) < 4.78 is 26.1. The van der Waals surface area contributed by atoms with Crippen molar-refractivity contribution in [3.8, 4) is 0 Å². The van der Waals surface area contributed by atoms with E-state index in [0.717, 1.165) is 0 Å². The fourth-order valence-corrected chi connectivity index (χ4v) is 0.197. The molecule has 0 aromatic heterocycles. The van der Waals surface area contributed by atoms with Gasteiger partial charge in [-0.25, -0.2) is 0 Å². The Morgan fingerprint density at radius 1 is 1.56 bits per heavy atom. The zero-order valence-electron chi connectivity index (χ0n) is 4.42. The van der Waals surface area contributed by atoms with Gasteiger partial charge in [0.1, 0.15) is 0 Å². The predicted molar refractivity (Wildman–Crippen MR) is 26.4 cm³/mol. The summed E-state index contributed by atoms with van der Waals surface area (Å²) in [6, 6.07) is 0. The van der Waals surface area contributed by atoms with E-state index in [1.165, 1.54) is 0 Å². The molecule has 0 unspecified atom stereocenters. The van der Waals surface area contributed by atoms with Crippen LogP contribution in [0.5, 0.6) is 0 Å². The van der Waals surface area contributed by atoms with E-state index in [4.69, 9.17) is 10.0 Å². The molecule has 52 valence electrons. The van der Waals surface area contributed by atoms with Crippen LogP contribution in [0.1, 0.15) is 0 Å². The minimum absolute atomic E-state index is 0.430. The maximum atomic E-state index is 11.1. The van der Waals surface area contributed by atoms with E-state index < -0.39 is 20.0 Å². The number of rotatable bonds is 3. The van der Waals surface area contributed by atoms with Crippen molar-refractivity contribution < 1.29 is 23.5 Å². The molecular weight excluding hydrogens is 133 g/mol. The Kier molecular flexibility index (Phi) is 4.20. The molecule has 0 atom stereocenters. The Bertz CT molecular complexity index is 101. The van der Waals surface area contributed by atoms with Gasteiger partial charge in [0.2, 0.25) is 0 Å². The van der Waals surface area contributed by atoms with Gasteiger partial charge in [-0.15, -0.1) is 0 Å². The summed E-state index contributed by atoms with van der Waals surface area (Å²) in [6.45, 7) is -0.500. The fourth-order valence-electron chi connectivity index (χ4n) is 0.197. The highest BCUT2D eigenvalue weighted by Gasteiger charge is 2.05. The first-order valence-corrected chi connectivity index (χ1v) is 2.12. The molecule has 0 amide bonds. The van der Waals surface area contributed by atoms with Crippen LogP contribution in [0.4, 0.5) is 8.78 Å². The fraction of sp³-hybridized carbons (Fsp3) is 0.333. The van der Waals surface area contributed by atoms with Gasteiger partial charge in [-0.1, -0.05) is 0 Å². The van der Waals surface area contributed by atoms with Gasteiger partial charge in [0.05, 0.1) is 6.61 Å². The Morgan fingerprint density at radius 2 is 2.11 bits per heavy atom. The summed E-state index contributed by atoms with van der Waals surface area (Å²) in [5, 5.41) is 15.8. The molecule has 0 bridgehead atoms. The quantitative estimate of drug-likeness (QED) is 0.528. The van der Waals surface area contributed by atoms with E-state index in [2.05, 4.69) is 4.65 Å². The van der Waals surface area contributed by atoms with Crippen LogP contribution < -0.4 is 0 Å². The molecule has 6 heteroatoms. The molecular formula is C3H5BF2O3. The molecule has 0 spiro atoms. The predicted octanol–water partition coefficient (Wildman–Crippen LogP) is -0.247. The van der Waals surface area contributed by atoms with E-state index in [-0.39, 0.29) is 0 Å². The Hall–Kier alpha value is -0.455. The molecule has 0 aliphatic carbocycles. The molecule has 2 N–H and O–H groups in total. The Morgan fingerprint density at radius 3 is 2.44 bits per heavy atom. The smallest absolute Gasteiger partial charge is 0.402 e. The summed E-state index contributed by atoms with van der Waals surface area (Å²) in [5.41, 5.74) is 0. The van der Waals surface area contributed by atoms with Gasteiger partial charge in [-0.05, 0) is 0 Å². The third-order valence-electron chi connectivity index (χ3n) is 0.483. The minimum Gasteiger partial charge on any atom is -0.402 e. The summed E-state index contributed by atoms with van der Waals surface area (Å²) >= 11 is 0. The molecule has 9 heavy (non-hydrogen) atoms. The van der Waals surface area contributed by atoms with E-state index in [9.17, 15) is 8.78 Å². The molecule has 0 aromatic rings. The second-order valence-electron chi connectivity index (χ2n) is 1.15. The molecule has 0 saturated carbocycles. The van der Waals surface area contributed by atoms with Crippen LogP contribution in [-0.2, 0) is 4.65 Å². The minimum atomic E-state index is -1.99. The van der Waals surface area contributed by atoms with Gasteiger partial charge in [0.25, 0.3) is 6.08 Å². The molecule has 3 nitrogen and oxygen atoms in total. The molecule has 0 aromatic carbocycles. The van der Waals surface area contributed by atoms with Crippen LogP contribution in [0.25, 0.3) is 0 Å². The van der Waals surface area contributed by atoms with Crippen molar-refractivity contribution in [2.45, 2.75) is 0 Å². The van der Waals surface area contributed by atoms with Gasteiger partial charge in [-0.2, -0.15) is 8.78 Å². The van der Waals surface area contributed by atoms with Crippen molar-refractivity contribution in [3.05, 3.63) is 12.2 Å². The van der Waals surface area contributed by atoms with Crippen molar-refractivity contribution >= 4 is 7.32 Å². The topological polar surface area (TPSA) is 49.7 Å². The summed E-state index contributed by atoms with van der Waals surface area (Å²) in [6.07, 6.45) is -1.48. The zero-order chi connectivity index (χ0) is 7.28. The van der Waals surface area contributed by atoms with Crippen LogP contribution in [-0.4, -0.2) is 24.0 Å². The van der Waals surface area contributed by atoms with Gasteiger partial charge in [-0.3, -0.25) is 0 Å². The van der Waals surface area contributed by atoms with Gasteiger partial charge in [0, 0.05) is 6.08 Å². The standard InChI is InChI=1S/C3H5BF2O3/c5-3(6)1-2-9-4(7)8/h1,7-8H,2H2. The zero-order valence-corrected chi connectivity index (χ0v) is 4.42. The van der Waals surface area contributed by atoms with E-state index >= 15 is 0 Å². The van der Waals surface area contributed by atoms with Crippen molar-refractivity contribution in [2.24, 2.45) is 0 Å². The number of halogens is 2. The highest BCUT2D eigenvalue weighted by Crippen LogP contribution is 1.95. The third-order valence-corrected chi connectivity index (χ3v) is 0.483. The lowest BCUT2D eigenvalue weighted by molar-refractivity contribution is 0.204. The summed E-state index contributed by atoms with van der Waals surface area (Å²) in [7, 11) is -1.99.